The third kappa shape index (κ3) is 4.90. The van der Waals surface area contributed by atoms with Crippen molar-refractivity contribution in [1.29, 1.82) is 0 Å². The molecule has 0 saturated carbocycles. The molecule has 3 aliphatic heterocycles. The van der Waals surface area contributed by atoms with Crippen LogP contribution in [-0.4, -0.2) is 86.1 Å². The first-order valence-electron chi connectivity index (χ1n) is 10.8. The van der Waals surface area contributed by atoms with Crippen LogP contribution in [0.3, 0.4) is 0 Å². The third-order valence-corrected chi connectivity index (χ3v) is 7.94. The van der Waals surface area contributed by atoms with Gasteiger partial charge in [-0.05, 0) is 25.1 Å². The predicted octanol–water partition coefficient (Wildman–Crippen LogP) is 0.933. The van der Waals surface area contributed by atoms with Gasteiger partial charge >= 0.3 is 0 Å². The van der Waals surface area contributed by atoms with Crippen molar-refractivity contribution in [2.24, 2.45) is 5.10 Å². The first-order chi connectivity index (χ1) is 14.9. The molecule has 0 spiro atoms. The number of hydrazone groups is 1. The molecule has 2 amide bonds. The second kappa shape index (κ2) is 8.96. The van der Waals surface area contributed by atoms with Crippen molar-refractivity contribution in [1.82, 2.24) is 9.91 Å². The highest BCUT2D eigenvalue weighted by Gasteiger charge is 2.37. The zero-order chi connectivity index (χ0) is 22.0. The summed E-state index contributed by atoms with van der Waals surface area (Å²) in [6, 6.07) is 7.22. The van der Waals surface area contributed by atoms with Crippen LogP contribution in [0.4, 0.5) is 11.4 Å². The molecule has 0 radical (unpaired) electrons. The summed E-state index contributed by atoms with van der Waals surface area (Å²) in [6.45, 7) is 6.92. The van der Waals surface area contributed by atoms with E-state index in [0.29, 0.717) is 12.1 Å². The van der Waals surface area contributed by atoms with Crippen LogP contribution in [0.5, 0.6) is 0 Å². The summed E-state index contributed by atoms with van der Waals surface area (Å²) < 4.78 is 23.6. The number of piperazine rings is 1. The van der Waals surface area contributed by atoms with E-state index >= 15 is 0 Å². The van der Waals surface area contributed by atoms with E-state index in [2.05, 4.69) is 27.1 Å². The molecule has 1 N–H and O–H groups in total. The van der Waals surface area contributed by atoms with Crippen molar-refractivity contribution in [2.45, 2.75) is 32.2 Å². The molecule has 0 aliphatic carbocycles. The monoisotopic (exact) mass is 447 g/mol. The van der Waals surface area contributed by atoms with Crippen molar-refractivity contribution in [3.63, 3.8) is 0 Å². The molecule has 10 heteroatoms. The number of likely N-dealkylation sites (N-methyl/N-ethyl adjacent to an activating group) is 1. The normalized spacial score (nSPS) is 24.2. The van der Waals surface area contributed by atoms with E-state index in [0.717, 1.165) is 38.4 Å². The summed E-state index contributed by atoms with van der Waals surface area (Å²) in [5.74, 6) is -0.619. The second-order valence-electron chi connectivity index (χ2n) is 8.23. The number of nitrogens with zero attached hydrogens (tertiary/aromatic N) is 4. The van der Waals surface area contributed by atoms with Gasteiger partial charge in [-0.1, -0.05) is 19.1 Å². The van der Waals surface area contributed by atoms with Crippen LogP contribution in [0, 0.1) is 0 Å². The van der Waals surface area contributed by atoms with E-state index in [4.69, 9.17) is 0 Å². The van der Waals surface area contributed by atoms with E-state index in [-0.39, 0.29) is 41.9 Å². The van der Waals surface area contributed by atoms with Gasteiger partial charge in [0.2, 0.25) is 5.91 Å². The number of benzene rings is 1. The Morgan fingerprint density at radius 3 is 2.58 bits per heavy atom. The fraction of sp³-hybridized carbons (Fsp3) is 0.571. The van der Waals surface area contributed by atoms with Gasteiger partial charge in [-0.25, -0.2) is 13.4 Å². The molecule has 31 heavy (non-hydrogen) atoms. The minimum Gasteiger partial charge on any atom is -0.367 e. The Balaban J connectivity index is 1.48. The minimum atomic E-state index is -3.15. The van der Waals surface area contributed by atoms with Gasteiger partial charge in [-0.2, -0.15) is 5.10 Å². The third-order valence-electron chi connectivity index (χ3n) is 6.19. The van der Waals surface area contributed by atoms with Crippen LogP contribution in [0.1, 0.15) is 26.2 Å². The molecular formula is C21H29N5O4S. The summed E-state index contributed by atoms with van der Waals surface area (Å²) >= 11 is 0. The number of amides is 2. The summed E-state index contributed by atoms with van der Waals surface area (Å²) in [7, 11) is -3.15. The van der Waals surface area contributed by atoms with Crippen molar-refractivity contribution in [3.8, 4) is 0 Å². The maximum atomic E-state index is 13.0. The molecule has 1 aromatic carbocycles. The van der Waals surface area contributed by atoms with Crippen LogP contribution in [0.25, 0.3) is 0 Å². The summed E-state index contributed by atoms with van der Waals surface area (Å²) in [5.41, 5.74) is 1.94. The molecule has 0 unspecified atom stereocenters. The van der Waals surface area contributed by atoms with Gasteiger partial charge < -0.3 is 15.1 Å². The van der Waals surface area contributed by atoms with E-state index < -0.39 is 15.9 Å². The molecular weight excluding hydrogens is 418 g/mol. The molecule has 2 fully saturated rings. The van der Waals surface area contributed by atoms with Crippen molar-refractivity contribution >= 4 is 38.7 Å². The lowest BCUT2D eigenvalue weighted by Gasteiger charge is -2.36. The number of nitrogens with one attached hydrogen (secondary N) is 1. The number of anilines is 2. The summed E-state index contributed by atoms with van der Waals surface area (Å²) in [4.78, 5) is 29.9. The number of carbonyl (C=O) groups excluding carboxylic acids is 2. The first-order valence-corrected chi connectivity index (χ1v) is 12.7. The average Bonchev–Trinajstić information content (AvgIpc) is 3.14. The van der Waals surface area contributed by atoms with Gasteiger partial charge in [0, 0.05) is 39.0 Å². The number of hydrogen-bond donors (Lipinski definition) is 1. The number of sulfone groups is 1. The Kier molecular flexibility index (Phi) is 6.29. The molecule has 4 rings (SSSR count). The number of para-hydroxylation sites is 2. The topological polar surface area (TPSA) is 102 Å². The van der Waals surface area contributed by atoms with Crippen molar-refractivity contribution in [2.75, 3.05) is 54.4 Å². The molecule has 1 atom stereocenters. The number of hydrogen-bond acceptors (Lipinski definition) is 7. The zero-order valence-corrected chi connectivity index (χ0v) is 18.6. The molecule has 3 heterocycles. The highest BCUT2D eigenvalue weighted by Crippen LogP contribution is 2.27. The molecule has 3 aliphatic rings. The van der Waals surface area contributed by atoms with E-state index in [1.165, 1.54) is 5.01 Å². The maximum Gasteiger partial charge on any atom is 0.271 e. The number of rotatable bonds is 5. The highest BCUT2D eigenvalue weighted by molar-refractivity contribution is 7.91. The van der Waals surface area contributed by atoms with Gasteiger partial charge in [-0.3, -0.25) is 9.59 Å². The molecule has 0 aromatic heterocycles. The van der Waals surface area contributed by atoms with Crippen LogP contribution < -0.4 is 10.2 Å². The van der Waals surface area contributed by atoms with E-state index in [1.807, 2.05) is 24.3 Å². The fourth-order valence-electron chi connectivity index (χ4n) is 4.34. The average molecular weight is 448 g/mol. The van der Waals surface area contributed by atoms with Gasteiger partial charge in [-0.15, -0.1) is 0 Å². The zero-order valence-electron chi connectivity index (χ0n) is 17.8. The van der Waals surface area contributed by atoms with Gasteiger partial charge in [0.25, 0.3) is 5.91 Å². The van der Waals surface area contributed by atoms with Crippen molar-refractivity contribution in [3.05, 3.63) is 24.3 Å². The van der Waals surface area contributed by atoms with Crippen LogP contribution in [0.2, 0.25) is 0 Å². The van der Waals surface area contributed by atoms with Gasteiger partial charge in [0.05, 0.1) is 28.9 Å². The molecule has 2 saturated heterocycles. The predicted molar refractivity (Wildman–Crippen MR) is 120 cm³/mol. The Hall–Kier alpha value is -2.46. The van der Waals surface area contributed by atoms with Crippen LogP contribution in [0.15, 0.2) is 29.4 Å². The van der Waals surface area contributed by atoms with Crippen LogP contribution in [-0.2, 0) is 19.4 Å². The lowest BCUT2D eigenvalue weighted by Crippen LogP contribution is -2.46. The number of carbonyl (C=O) groups is 2. The molecule has 1 aromatic rings. The second-order valence-corrected chi connectivity index (χ2v) is 10.5. The molecule has 168 valence electrons. The lowest BCUT2D eigenvalue weighted by atomic mass is 10.1. The van der Waals surface area contributed by atoms with Crippen LogP contribution >= 0.6 is 0 Å². The van der Waals surface area contributed by atoms with Crippen molar-refractivity contribution < 1.29 is 18.0 Å². The largest absolute Gasteiger partial charge is 0.367 e. The lowest BCUT2D eigenvalue weighted by molar-refractivity contribution is -0.133. The molecule has 9 nitrogen and oxygen atoms in total. The summed E-state index contributed by atoms with van der Waals surface area (Å²) in [6.07, 6.45) is 0.764. The smallest absolute Gasteiger partial charge is 0.271 e. The fourth-order valence-corrected chi connectivity index (χ4v) is 6.03. The quantitative estimate of drug-likeness (QED) is 0.721. The molecule has 0 bridgehead atoms. The standard InChI is InChI=1S/C21H29N5O4S/c1-2-24-10-12-25(13-11-24)19-6-4-3-5-17(19)22-21(28)18-7-8-20(27)26(23-18)16-9-14-31(29,30)15-16/h3-6,16H,2,7-15H2,1H3,(H,22,28)/t16-/m1/s1. The Bertz CT molecular complexity index is 985. The summed E-state index contributed by atoms with van der Waals surface area (Å²) in [5, 5.41) is 8.46. The van der Waals surface area contributed by atoms with Gasteiger partial charge in [0.15, 0.2) is 9.84 Å². The van der Waals surface area contributed by atoms with Gasteiger partial charge in [0.1, 0.15) is 5.71 Å². The highest BCUT2D eigenvalue weighted by atomic mass is 32.2. The van der Waals surface area contributed by atoms with E-state index in [1.54, 1.807) is 0 Å². The minimum absolute atomic E-state index is 0.0527. The first kappa shape index (κ1) is 21.8. The Morgan fingerprint density at radius 2 is 1.90 bits per heavy atom. The Morgan fingerprint density at radius 1 is 1.16 bits per heavy atom. The van der Waals surface area contributed by atoms with E-state index in [9.17, 15) is 18.0 Å². The Labute approximate surface area is 183 Å². The SMILES string of the molecule is CCN1CCN(c2ccccc2NC(=O)C2=NN([C@@H]3CCS(=O)(=O)C3)C(=O)CC2)CC1. The maximum absolute atomic E-state index is 13.0.